The van der Waals surface area contributed by atoms with Crippen molar-refractivity contribution in [3.63, 3.8) is 0 Å². The summed E-state index contributed by atoms with van der Waals surface area (Å²) in [6.07, 6.45) is 1.05. The Morgan fingerprint density at radius 2 is 2.44 bits per heavy atom. The molecule has 2 N–H and O–H groups in total. The van der Waals surface area contributed by atoms with E-state index in [0.717, 1.165) is 30.6 Å². The SMILES string of the molecule is O=C(NCCC1CNCCO1)c1cccc(Br)c1. The van der Waals surface area contributed by atoms with Crippen LogP contribution in [0.3, 0.4) is 0 Å². The molecule has 1 atom stereocenters. The van der Waals surface area contributed by atoms with Gasteiger partial charge in [0.2, 0.25) is 0 Å². The molecule has 0 aliphatic carbocycles. The summed E-state index contributed by atoms with van der Waals surface area (Å²) in [6, 6.07) is 7.37. The van der Waals surface area contributed by atoms with Gasteiger partial charge in [0.05, 0.1) is 12.7 Å². The number of rotatable bonds is 4. The number of ether oxygens (including phenoxy) is 1. The summed E-state index contributed by atoms with van der Waals surface area (Å²) in [5, 5.41) is 6.17. The van der Waals surface area contributed by atoms with Crippen LogP contribution in [0, 0.1) is 0 Å². The third-order valence-electron chi connectivity index (χ3n) is 2.84. The number of carbonyl (C=O) groups excluding carboxylic acids is 1. The van der Waals surface area contributed by atoms with Gasteiger partial charge in [0.1, 0.15) is 0 Å². The first-order valence-corrected chi connectivity index (χ1v) is 6.91. The van der Waals surface area contributed by atoms with Gasteiger partial charge in [-0.3, -0.25) is 4.79 Å². The van der Waals surface area contributed by atoms with E-state index in [1.54, 1.807) is 6.07 Å². The second-order valence-electron chi connectivity index (χ2n) is 4.25. The fraction of sp³-hybridized carbons (Fsp3) is 0.462. The van der Waals surface area contributed by atoms with E-state index in [2.05, 4.69) is 26.6 Å². The van der Waals surface area contributed by atoms with Crippen molar-refractivity contribution < 1.29 is 9.53 Å². The zero-order chi connectivity index (χ0) is 12.8. The Morgan fingerprint density at radius 1 is 1.56 bits per heavy atom. The number of nitrogens with one attached hydrogen (secondary N) is 2. The molecule has 5 heteroatoms. The molecule has 0 spiro atoms. The highest BCUT2D eigenvalue weighted by Crippen LogP contribution is 2.11. The lowest BCUT2D eigenvalue weighted by Crippen LogP contribution is -2.40. The molecule has 0 aromatic heterocycles. The fourth-order valence-electron chi connectivity index (χ4n) is 1.88. The van der Waals surface area contributed by atoms with E-state index >= 15 is 0 Å². The van der Waals surface area contributed by atoms with Gasteiger partial charge in [0, 0.05) is 29.7 Å². The van der Waals surface area contributed by atoms with Gasteiger partial charge in [-0.2, -0.15) is 0 Å². The Morgan fingerprint density at radius 3 is 3.17 bits per heavy atom. The van der Waals surface area contributed by atoms with Gasteiger partial charge in [-0.15, -0.1) is 0 Å². The zero-order valence-corrected chi connectivity index (χ0v) is 11.7. The second-order valence-corrected chi connectivity index (χ2v) is 5.17. The van der Waals surface area contributed by atoms with Crippen LogP contribution in [0.1, 0.15) is 16.8 Å². The van der Waals surface area contributed by atoms with E-state index in [-0.39, 0.29) is 12.0 Å². The van der Waals surface area contributed by atoms with Crippen molar-refractivity contribution in [2.24, 2.45) is 0 Å². The van der Waals surface area contributed by atoms with E-state index in [4.69, 9.17) is 4.74 Å². The molecule has 1 saturated heterocycles. The normalized spacial score (nSPS) is 19.5. The van der Waals surface area contributed by atoms with E-state index in [1.165, 1.54) is 0 Å². The molecule has 1 fully saturated rings. The quantitative estimate of drug-likeness (QED) is 0.887. The van der Waals surface area contributed by atoms with Crippen LogP contribution in [0.2, 0.25) is 0 Å². The van der Waals surface area contributed by atoms with Crippen LogP contribution in [-0.2, 0) is 4.74 Å². The van der Waals surface area contributed by atoms with E-state index in [9.17, 15) is 4.79 Å². The molecule has 2 rings (SSSR count). The minimum atomic E-state index is -0.0416. The predicted octanol–water partition coefficient (Wildman–Crippen LogP) is 1.56. The third-order valence-corrected chi connectivity index (χ3v) is 3.34. The lowest BCUT2D eigenvalue weighted by atomic mass is 10.2. The molecule has 1 aliphatic rings. The van der Waals surface area contributed by atoms with E-state index in [1.807, 2.05) is 18.2 Å². The number of benzene rings is 1. The van der Waals surface area contributed by atoms with E-state index in [0.29, 0.717) is 12.1 Å². The van der Waals surface area contributed by atoms with Gasteiger partial charge < -0.3 is 15.4 Å². The van der Waals surface area contributed by atoms with Gasteiger partial charge in [0.25, 0.3) is 5.91 Å². The van der Waals surface area contributed by atoms with Crippen molar-refractivity contribution in [1.82, 2.24) is 10.6 Å². The monoisotopic (exact) mass is 312 g/mol. The summed E-state index contributed by atoms with van der Waals surface area (Å²) < 4.78 is 6.48. The Balaban J connectivity index is 1.74. The van der Waals surface area contributed by atoms with Crippen molar-refractivity contribution >= 4 is 21.8 Å². The summed E-state index contributed by atoms with van der Waals surface area (Å²) >= 11 is 3.35. The average Bonchev–Trinajstić information content (AvgIpc) is 2.40. The number of morpholine rings is 1. The highest BCUT2D eigenvalue weighted by atomic mass is 79.9. The lowest BCUT2D eigenvalue weighted by Gasteiger charge is -2.23. The van der Waals surface area contributed by atoms with Gasteiger partial charge in [-0.25, -0.2) is 0 Å². The van der Waals surface area contributed by atoms with Gasteiger partial charge in [-0.1, -0.05) is 22.0 Å². The molecule has 4 nitrogen and oxygen atoms in total. The maximum Gasteiger partial charge on any atom is 0.251 e. The number of halogens is 1. The Hall–Kier alpha value is -0.910. The summed E-state index contributed by atoms with van der Waals surface area (Å²) in [4.78, 5) is 11.9. The van der Waals surface area contributed by atoms with Crippen LogP contribution >= 0.6 is 15.9 Å². The van der Waals surface area contributed by atoms with Gasteiger partial charge >= 0.3 is 0 Å². The molecule has 1 aromatic carbocycles. The number of hydrogen-bond acceptors (Lipinski definition) is 3. The summed E-state index contributed by atoms with van der Waals surface area (Å²) in [5.41, 5.74) is 0.673. The van der Waals surface area contributed by atoms with E-state index < -0.39 is 0 Å². The fourth-order valence-corrected chi connectivity index (χ4v) is 2.28. The van der Waals surface area contributed by atoms with Crippen LogP contribution in [0.4, 0.5) is 0 Å². The van der Waals surface area contributed by atoms with Crippen LogP contribution in [0.25, 0.3) is 0 Å². The van der Waals surface area contributed by atoms with Crippen molar-refractivity contribution in [2.45, 2.75) is 12.5 Å². The number of carbonyl (C=O) groups is 1. The molecule has 1 unspecified atom stereocenters. The molecule has 98 valence electrons. The van der Waals surface area contributed by atoms with Crippen LogP contribution in [-0.4, -0.2) is 38.3 Å². The van der Waals surface area contributed by atoms with Gasteiger partial charge in [-0.05, 0) is 24.6 Å². The first-order valence-electron chi connectivity index (χ1n) is 6.12. The van der Waals surface area contributed by atoms with Crippen LogP contribution in [0.15, 0.2) is 28.7 Å². The predicted molar refractivity (Wildman–Crippen MR) is 73.7 cm³/mol. The molecule has 18 heavy (non-hydrogen) atoms. The maximum absolute atomic E-state index is 11.9. The average molecular weight is 313 g/mol. The number of amides is 1. The summed E-state index contributed by atoms with van der Waals surface area (Å²) in [6.45, 7) is 3.18. The van der Waals surface area contributed by atoms with Gasteiger partial charge in [0.15, 0.2) is 0 Å². The number of hydrogen-bond donors (Lipinski definition) is 2. The summed E-state index contributed by atoms with van der Waals surface area (Å²) in [7, 11) is 0. The molecule has 1 aliphatic heterocycles. The molecular weight excluding hydrogens is 296 g/mol. The largest absolute Gasteiger partial charge is 0.376 e. The zero-order valence-electron chi connectivity index (χ0n) is 10.1. The molecular formula is C13H17BrN2O2. The molecule has 1 heterocycles. The molecule has 0 bridgehead atoms. The molecule has 1 amide bonds. The van der Waals surface area contributed by atoms with Crippen molar-refractivity contribution in [2.75, 3.05) is 26.2 Å². The molecule has 0 saturated carbocycles. The van der Waals surface area contributed by atoms with Crippen LogP contribution in [0.5, 0.6) is 0 Å². The first kappa shape index (κ1) is 13.5. The standard InChI is InChI=1S/C13H17BrN2O2/c14-11-3-1-2-10(8-11)13(17)16-5-4-12-9-15-6-7-18-12/h1-3,8,12,15H,4-7,9H2,(H,16,17). The van der Waals surface area contributed by atoms with Crippen LogP contribution < -0.4 is 10.6 Å². The van der Waals surface area contributed by atoms with Crippen molar-refractivity contribution in [1.29, 1.82) is 0 Å². The highest BCUT2D eigenvalue weighted by molar-refractivity contribution is 9.10. The second kappa shape index (κ2) is 6.87. The highest BCUT2D eigenvalue weighted by Gasteiger charge is 2.13. The maximum atomic E-state index is 11.9. The smallest absolute Gasteiger partial charge is 0.251 e. The first-order chi connectivity index (χ1) is 8.75. The minimum absolute atomic E-state index is 0.0416. The molecule has 0 radical (unpaired) electrons. The topological polar surface area (TPSA) is 50.4 Å². The van der Waals surface area contributed by atoms with Crippen molar-refractivity contribution in [3.8, 4) is 0 Å². The Kier molecular flexibility index (Phi) is 5.16. The Labute approximate surface area is 115 Å². The van der Waals surface area contributed by atoms with Crippen molar-refractivity contribution in [3.05, 3.63) is 34.3 Å². The minimum Gasteiger partial charge on any atom is -0.376 e. The third kappa shape index (κ3) is 4.08. The lowest BCUT2D eigenvalue weighted by molar-refractivity contribution is 0.0239. The summed E-state index contributed by atoms with van der Waals surface area (Å²) in [5.74, 6) is -0.0416. The Bertz CT molecular complexity index is 406. The molecule has 1 aromatic rings.